The number of likely N-dealkylation sites (tertiary alicyclic amines) is 1. The van der Waals surface area contributed by atoms with Gasteiger partial charge in [0.1, 0.15) is 0 Å². The van der Waals surface area contributed by atoms with Gasteiger partial charge in [-0.15, -0.1) is 0 Å². The summed E-state index contributed by atoms with van der Waals surface area (Å²) in [5.74, 6) is -0.225. The Hall–Kier alpha value is -1.32. The third kappa shape index (κ3) is 4.04. The predicted octanol–water partition coefficient (Wildman–Crippen LogP) is 1.51. The minimum Gasteiger partial charge on any atom is -0.466 e. The van der Waals surface area contributed by atoms with Crippen molar-refractivity contribution in [1.29, 1.82) is 0 Å². The maximum absolute atomic E-state index is 11.8. The molecule has 0 N–H and O–H groups in total. The van der Waals surface area contributed by atoms with Gasteiger partial charge in [0.15, 0.2) is 0 Å². The van der Waals surface area contributed by atoms with Crippen LogP contribution in [-0.4, -0.2) is 36.5 Å². The summed E-state index contributed by atoms with van der Waals surface area (Å²) in [7, 11) is 0. The number of rotatable bonds is 5. The van der Waals surface area contributed by atoms with Crippen molar-refractivity contribution < 1.29 is 14.3 Å². The highest BCUT2D eigenvalue weighted by Gasteiger charge is 2.19. The number of carbonyl (C=O) groups excluding carboxylic acids is 2. The summed E-state index contributed by atoms with van der Waals surface area (Å²) in [6, 6.07) is 0. The summed E-state index contributed by atoms with van der Waals surface area (Å²) in [6.45, 7) is 7.22. The predicted molar refractivity (Wildman–Crippen MR) is 60.8 cm³/mol. The molecule has 1 aliphatic rings. The fourth-order valence-electron chi connectivity index (χ4n) is 1.75. The van der Waals surface area contributed by atoms with Crippen LogP contribution in [-0.2, 0) is 14.3 Å². The van der Waals surface area contributed by atoms with Gasteiger partial charge in [0.2, 0.25) is 5.91 Å². The van der Waals surface area contributed by atoms with Crippen LogP contribution in [0.15, 0.2) is 12.2 Å². The largest absolute Gasteiger partial charge is 0.466 e. The second kappa shape index (κ2) is 6.30. The minimum absolute atomic E-state index is 0.0559. The van der Waals surface area contributed by atoms with E-state index in [1.807, 2.05) is 4.90 Å². The molecule has 0 aromatic rings. The SMILES string of the molecule is C=C(CCCOC(C)=O)C(=O)N1CCCC1. The van der Waals surface area contributed by atoms with E-state index in [-0.39, 0.29) is 11.9 Å². The van der Waals surface area contributed by atoms with Crippen LogP contribution in [0, 0.1) is 0 Å². The van der Waals surface area contributed by atoms with Gasteiger partial charge in [0.05, 0.1) is 6.61 Å². The van der Waals surface area contributed by atoms with E-state index in [0.29, 0.717) is 25.0 Å². The molecule has 16 heavy (non-hydrogen) atoms. The van der Waals surface area contributed by atoms with E-state index < -0.39 is 0 Å². The highest BCUT2D eigenvalue weighted by Crippen LogP contribution is 2.13. The molecule has 0 aliphatic carbocycles. The minimum atomic E-state index is -0.281. The monoisotopic (exact) mass is 225 g/mol. The number of hydrogen-bond donors (Lipinski definition) is 0. The third-order valence-electron chi connectivity index (χ3n) is 2.62. The van der Waals surface area contributed by atoms with Gasteiger partial charge in [0.25, 0.3) is 0 Å². The van der Waals surface area contributed by atoms with Gasteiger partial charge < -0.3 is 9.64 Å². The molecule has 1 rings (SSSR count). The van der Waals surface area contributed by atoms with Crippen molar-refractivity contribution in [2.75, 3.05) is 19.7 Å². The van der Waals surface area contributed by atoms with Crippen LogP contribution in [0.4, 0.5) is 0 Å². The molecule has 0 spiro atoms. The molecule has 1 saturated heterocycles. The lowest BCUT2D eigenvalue weighted by molar-refractivity contribution is -0.141. The van der Waals surface area contributed by atoms with Crippen LogP contribution in [0.3, 0.4) is 0 Å². The first-order valence-electron chi connectivity index (χ1n) is 5.71. The average molecular weight is 225 g/mol. The van der Waals surface area contributed by atoms with Crippen molar-refractivity contribution in [2.45, 2.75) is 32.6 Å². The molecular formula is C12H19NO3. The third-order valence-corrected chi connectivity index (χ3v) is 2.62. The first-order valence-corrected chi connectivity index (χ1v) is 5.71. The Morgan fingerprint density at radius 2 is 1.94 bits per heavy atom. The lowest BCUT2D eigenvalue weighted by atomic mass is 10.1. The zero-order valence-electron chi connectivity index (χ0n) is 9.83. The Morgan fingerprint density at radius 3 is 2.50 bits per heavy atom. The highest BCUT2D eigenvalue weighted by atomic mass is 16.5. The summed E-state index contributed by atoms with van der Waals surface area (Å²) < 4.78 is 4.79. The molecule has 90 valence electrons. The van der Waals surface area contributed by atoms with Crippen LogP contribution in [0.5, 0.6) is 0 Å². The first-order chi connectivity index (χ1) is 7.61. The van der Waals surface area contributed by atoms with Crippen LogP contribution < -0.4 is 0 Å². The van der Waals surface area contributed by atoms with Crippen molar-refractivity contribution >= 4 is 11.9 Å². The second-order valence-corrected chi connectivity index (χ2v) is 4.05. The number of hydrogen-bond acceptors (Lipinski definition) is 3. The fourth-order valence-corrected chi connectivity index (χ4v) is 1.75. The van der Waals surface area contributed by atoms with Crippen molar-refractivity contribution in [1.82, 2.24) is 4.90 Å². The molecular weight excluding hydrogens is 206 g/mol. The Kier molecular flexibility index (Phi) is 5.02. The van der Waals surface area contributed by atoms with Gasteiger partial charge in [-0.25, -0.2) is 0 Å². The normalized spacial score (nSPS) is 14.9. The smallest absolute Gasteiger partial charge is 0.302 e. The van der Waals surface area contributed by atoms with E-state index in [1.54, 1.807) is 0 Å². The molecule has 4 heteroatoms. The van der Waals surface area contributed by atoms with Crippen LogP contribution in [0.25, 0.3) is 0 Å². The number of carbonyl (C=O) groups is 2. The Labute approximate surface area is 96.3 Å². The standard InChI is InChI=1S/C12H19NO3/c1-10(6-5-9-16-11(2)14)12(15)13-7-3-4-8-13/h1,3-9H2,2H3. The van der Waals surface area contributed by atoms with Gasteiger partial charge in [-0.2, -0.15) is 0 Å². The molecule has 1 fully saturated rings. The Bertz CT molecular complexity index is 280. The van der Waals surface area contributed by atoms with E-state index in [9.17, 15) is 9.59 Å². The van der Waals surface area contributed by atoms with Gasteiger partial charge in [-0.3, -0.25) is 9.59 Å². The molecule has 1 heterocycles. The lowest BCUT2D eigenvalue weighted by Gasteiger charge is -2.16. The zero-order chi connectivity index (χ0) is 12.0. The average Bonchev–Trinajstić information content (AvgIpc) is 2.76. The quantitative estimate of drug-likeness (QED) is 0.405. The van der Waals surface area contributed by atoms with E-state index >= 15 is 0 Å². The summed E-state index contributed by atoms with van der Waals surface area (Å²) >= 11 is 0. The van der Waals surface area contributed by atoms with E-state index in [4.69, 9.17) is 4.74 Å². The maximum Gasteiger partial charge on any atom is 0.302 e. The van der Waals surface area contributed by atoms with Crippen LogP contribution in [0.1, 0.15) is 32.6 Å². The number of nitrogens with zero attached hydrogens (tertiary/aromatic N) is 1. The Balaban J connectivity index is 2.18. The molecule has 0 radical (unpaired) electrons. The highest BCUT2D eigenvalue weighted by molar-refractivity contribution is 5.92. The van der Waals surface area contributed by atoms with Crippen LogP contribution in [0.2, 0.25) is 0 Å². The molecule has 0 atom stereocenters. The number of amides is 1. The van der Waals surface area contributed by atoms with E-state index in [1.165, 1.54) is 6.92 Å². The molecule has 4 nitrogen and oxygen atoms in total. The van der Waals surface area contributed by atoms with Crippen molar-refractivity contribution in [3.8, 4) is 0 Å². The lowest BCUT2D eigenvalue weighted by Crippen LogP contribution is -2.28. The molecule has 1 aliphatic heterocycles. The molecule has 0 aromatic heterocycles. The zero-order valence-corrected chi connectivity index (χ0v) is 9.83. The number of esters is 1. The summed E-state index contributed by atoms with van der Waals surface area (Å²) in [5.41, 5.74) is 0.619. The number of ether oxygens (including phenoxy) is 1. The van der Waals surface area contributed by atoms with Gasteiger partial charge in [0, 0.05) is 25.6 Å². The molecule has 0 aromatic carbocycles. The Morgan fingerprint density at radius 1 is 1.31 bits per heavy atom. The van der Waals surface area contributed by atoms with Gasteiger partial charge in [-0.05, 0) is 25.7 Å². The molecule has 0 saturated carbocycles. The van der Waals surface area contributed by atoms with Crippen molar-refractivity contribution in [3.05, 3.63) is 12.2 Å². The summed E-state index contributed by atoms with van der Waals surface area (Å²) in [6.07, 6.45) is 3.44. The fraction of sp³-hybridized carbons (Fsp3) is 0.667. The molecule has 0 unspecified atom stereocenters. The van der Waals surface area contributed by atoms with Gasteiger partial charge in [-0.1, -0.05) is 6.58 Å². The summed E-state index contributed by atoms with van der Waals surface area (Å²) in [5, 5.41) is 0. The maximum atomic E-state index is 11.8. The van der Waals surface area contributed by atoms with Crippen molar-refractivity contribution in [3.63, 3.8) is 0 Å². The van der Waals surface area contributed by atoms with Crippen LogP contribution >= 0.6 is 0 Å². The van der Waals surface area contributed by atoms with E-state index in [2.05, 4.69) is 6.58 Å². The van der Waals surface area contributed by atoms with E-state index in [0.717, 1.165) is 25.9 Å². The first kappa shape index (κ1) is 12.7. The molecule has 1 amide bonds. The topological polar surface area (TPSA) is 46.6 Å². The second-order valence-electron chi connectivity index (χ2n) is 4.05. The van der Waals surface area contributed by atoms with Crippen molar-refractivity contribution in [2.24, 2.45) is 0 Å². The molecule has 0 bridgehead atoms. The van der Waals surface area contributed by atoms with Gasteiger partial charge >= 0.3 is 5.97 Å². The summed E-state index contributed by atoms with van der Waals surface area (Å²) in [4.78, 5) is 24.1.